The quantitative estimate of drug-likeness (QED) is 0.787. The van der Waals surface area contributed by atoms with Crippen LogP contribution in [-0.4, -0.2) is 24.5 Å². The SMILES string of the molecule is CC(C)(CCl)CNC(=O)C1CCCCC1C(F)(F)F. The van der Waals surface area contributed by atoms with Crippen molar-refractivity contribution < 1.29 is 18.0 Å². The molecule has 0 radical (unpaired) electrons. The van der Waals surface area contributed by atoms with Crippen molar-refractivity contribution in [1.29, 1.82) is 0 Å². The first kappa shape index (κ1) is 16.6. The summed E-state index contributed by atoms with van der Waals surface area (Å²) in [6.45, 7) is 4.03. The standard InChI is InChI=1S/C13H21ClF3NO/c1-12(2,7-14)8-18-11(19)9-5-3-4-6-10(9)13(15,16)17/h9-10H,3-8H2,1-2H3,(H,18,19). The Bertz CT molecular complexity index is 318. The summed E-state index contributed by atoms with van der Waals surface area (Å²) in [5.74, 6) is -2.58. The molecule has 0 aromatic carbocycles. The number of hydrogen-bond donors (Lipinski definition) is 1. The summed E-state index contributed by atoms with van der Waals surface area (Å²) in [7, 11) is 0. The number of hydrogen-bond acceptors (Lipinski definition) is 1. The maximum Gasteiger partial charge on any atom is 0.392 e. The first-order valence-electron chi connectivity index (χ1n) is 6.58. The number of amides is 1. The van der Waals surface area contributed by atoms with Crippen LogP contribution >= 0.6 is 11.6 Å². The van der Waals surface area contributed by atoms with E-state index in [0.29, 0.717) is 31.7 Å². The van der Waals surface area contributed by atoms with E-state index < -0.39 is 23.9 Å². The average Bonchev–Trinajstić information content (AvgIpc) is 2.35. The van der Waals surface area contributed by atoms with Crippen LogP contribution in [0, 0.1) is 17.3 Å². The lowest BCUT2D eigenvalue weighted by Gasteiger charge is -2.33. The van der Waals surface area contributed by atoms with Crippen LogP contribution in [0.15, 0.2) is 0 Å². The van der Waals surface area contributed by atoms with Crippen LogP contribution in [0.5, 0.6) is 0 Å². The summed E-state index contributed by atoms with van der Waals surface area (Å²) >= 11 is 5.73. The molecule has 0 aliphatic heterocycles. The van der Waals surface area contributed by atoms with E-state index in [1.54, 1.807) is 0 Å². The molecule has 0 aromatic heterocycles. The van der Waals surface area contributed by atoms with Gasteiger partial charge in [-0.3, -0.25) is 4.79 Å². The molecule has 0 saturated heterocycles. The zero-order valence-corrected chi connectivity index (χ0v) is 12.1. The van der Waals surface area contributed by atoms with Crippen molar-refractivity contribution in [1.82, 2.24) is 5.32 Å². The molecule has 1 fully saturated rings. The Balaban J connectivity index is 2.63. The van der Waals surface area contributed by atoms with Crippen LogP contribution in [0.4, 0.5) is 13.2 Å². The van der Waals surface area contributed by atoms with Crippen molar-refractivity contribution in [3.05, 3.63) is 0 Å². The summed E-state index contributed by atoms with van der Waals surface area (Å²) in [5.41, 5.74) is -0.306. The van der Waals surface area contributed by atoms with Gasteiger partial charge in [0.1, 0.15) is 0 Å². The van der Waals surface area contributed by atoms with Gasteiger partial charge in [0.15, 0.2) is 0 Å². The fourth-order valence-corrected chi connectivity index (χ4v) is 2.44. The van der Waals surface area contributed by atoms with E-state index in [0.717, 1.165) is 0 Å². The highest BCUT2D eigenvalue weighted by Crippen LogP contribution is 2.41. The summed E-state index contributed by atoms with van der Waals surface area (Å²) in [6, 6.07) is 0. The highest BCUT2D eigenvalue weighted by molar-refractivity contribution is 6.18. The first-order chi connectivity index (χ1) is 8.67. The molecule has 1 aliphatic rings. The molecule has 1 saturated carbocycles. The molecule has 0 aromatic rings. The molecule has 1 N–H and O–H groups in total. The topological polar surface area (TPSA) is 29.1 Å². The normalized spacial score (nSPS) is 25.2. The number of alkyl halides is 4. The third kappa shape index (κ3) is 4.86. The summed E-state index contributed by atoms with van der Waals surface area (Å²) in [4.78, 5) is 12.0. The minimum absolute atomic E-state index is 0.0560. The van der Waals surface area contributed by atoms with Crippen LogP contribution in [0.3, 0.4) is 0 Å². The van der Waals surface area contributed by atoms with Crippen molar-refractivity contribution in [3.63, 3.8) is 0 Å². The second-order valence-corrected chi connectivity index (χ2v) is 6.32. The Morgan fingerprint density at radius 2 is 1.84 bits per heavy atom. The summed E-state index contributed by atoms with van der Waals surface area (Å²) in [6.07, 6.45) is -2.69. The molecule has 1 aliphatic carbocycles. The van der Waals surface area contributed by atoms with Crippen LogP contribution in [0.1, 0.15) is 39.5 Å². The van der Waals surface area contributed by atoms with E-state index in [-0.39, 0.29) is 11.8 Å². The van der Waals surface area contributed by atoms with Gasteiger partial charge in [-0.05, 0) is 18.3 Å². The van der Waals surface area contributed by atoms with Crippen LogP contribution in [-0.2, 0) is 4.79 Å². The van der Waals surface area contributed by atoms with Crippen molar-refractivity contribution in [2.24, 2.45) is 17.3 Å². The van der Waals surface area contributed by atoms with Gasteiger partial charge in [-0.25, -0.2) is 0 Å². The number of carbonyl (C=O) groups is 1. The van der Waals surface area contributed by atoms with E-state index in [1.165, 1.54) is 0 Å². The Morgan fingerprint density at radius 1 is 1.26 bits per heavy atom. The minimum atomic E-state index is -4.29. The molecule has 2 unspecified atom stereocenters. The second-order valence-electron chi connectivity index (χ2n) is 6.05. The molecule has 6 heteroatoms. The van der Waals surface area contributed by atoms with Gasteiger partial charge in [0, 0.05) is 18.3 Å². The predicted molar refractivity (Wildman–Crippen MR) is 69.0 cm³/mol. The summed E-state index contributed by atoms with van der Waals surface area (Å²) < 4.78 is 38.7. The Morgan fingerprint density at radius 3 is 2.37 bits per heavy atom. The van der Waals surface area contributed by atoms with Gasteiger partial charge < -0.3 is 5.32 Å². The van der Waals surface area contributed by atoms with Gasteiger partial charge >= 0.3 is 6.18 Å². The average molecular weight is 300 g/mol. The van der Waals surface area contributed by atoms with E-state index in [9.17, 15) is 18.0 Å². The fourth-order valence-electron chi connectivity index (χ4n) is 2.34. The van der Waals surface area contributed by atoms with Gasteiger partial charge in [-0.2, -0.15) is 13.2 Å². The molecule has 112 valence electrons. The number of halogens is 4. The summed E-state index contributed by atoms with van der Waals surface area (Å²) in [5, 5.41) is 2.62. The van der Waals surface area contributed by atoms with Crippen LogP contribution in [0.2, 0.25) is 0 Å². The second kappa shape index (κ2) is 6.33. The van der Waals surface area contributed by atoms with E-state index >= 15 is 0 Å². The lowest BCUT2D eigenvalue weighted by molar-refractivity contribution is -0.198. The van der Waals surface area contributed by atoms with E-state index in [1.807, 2.05) is 13.8 Å². The first-order valence-corrected chi connectivity index (χ1v) is 7.11. The Hall–Kier alpha value is -0.450. The molecule has 1 rings (SSSR count). The zero-order valence-electron chi connectivity index (χ0n) is 11.3. The van der Waals surface area contributed by atoms with Crippen molar-refractivity contribution in [3.8, 4) is 0 Å². The predicted octanol–water partition coefficient (Wildman–Crippen LogP) is 3.74. The molecular weight excluding hydrogens is 279 g/mol. The number of carbonyl (C=O) groups excluding carboxylic acids is 1. The molecule has 0 bridgehead atoms. The molecule has 1 amide bonds. The third-order valence-corrected chi connectivity index (χ3v) is 4.35. The minimum Gasteiger partial charge on any atom is -0.355 e. The van der Waals surface area contributed by atoms with Gasteiger partial charge in [0.25, 0.3) is 0 Å². The van der Waals surface area contributed by atoms with Crippen molar-refractivity contribution in [2.75, 3.05) is 12.4 Å². The zero-order chi connectivity index (χ0) is 14.7. The van der Waals surface area contributed by atoms with Crippen LogP contribution in [0.25, 0.3) is 0 Å². The number of rotatable bonds is 4. The fraction of sp³-hybridized carbons (Fsp3) is 0.923. The molecule has 19 heavy (non-hydrogen) atoms. The Kier molecular flexibility index (Phi) is 5.53. The molecule has 0 spiro atoms. The number of nitrogens with one attached hydrogen (secondary N) is 1. The molecule has 0 heterocycles. The molecule has 2 nitrogen and oxygen atoms in total. The van der Waals surface area contributed by atoms with Gasteiger partial charge in [-0.15, -0.1) is 11.6 Å². The maximum atomic E-state index is 12.9. The van der Waals surface area contributed by atoms with Crippen molar-refractivity contribution >= 4 is 17.5 Å². The molecular formula is C13H21ClF3NO. The van der Waals surface area contributed by atoms with Crippen LogP contribution < -0.4 is 5.32 Å². The van der Waals surface area contributed by atoms with E-state index in [4.69, 9.17) is 11.6 Å². The van der Waals surface area contributed by atoms with Crippen molar-refractivity contribution in [2.45, 2.75) is 45.7 Å². The van der Waals surface area contributed by atoms with E-state index in [2.05, 4.69) is 5.32 Å². The largest absolute Gasteiger partial charge is 0.392 e. The van der Waals surface area contributed by atoms with Gasteiger partial charge in [0.05, 0.1) is 5.92 Å². The lowest BCUT2D eigenvalue weighted by Crippen LogP contribution is -2.45. The molecule has 2 atom stereocenters. The van der Waals surface area contributed by atoms with Gasteiger partial charge in [-0.1, -0.05) is 26.7 Å². The Labute approximate surface area is 117 Å². The highest BCUT2D eigenvalue weighted by atomic mass is 35.5. The smallest absolute Gasteiger partial charge is 0.355 e. The van der Waals surface area contributed by atoms with Gasteiger partial charge in [0.2, 0.25) is 5.91 Å². The lowest BCUT2D eigenvalue weighted by atomic mass is 9.78. The maximum absolute atomic E-state index is 12.9. The highest BCUT2D eigenvalue weighted by Gasteiger charge is 2.48. The monoisotopic (exact) mass is 299 g/mol. The third-order valence-electron chi connectivity index (χ3n) is 3.63.